The van der Waals surface area contributed by atoms with E-state index >= 15 is 0 Å². The second-order valence-electron chi connectivity index (χ2n) is 6.09. The Balaban J connectivity index is 1.59. The zero-order valence-corrected chi connectivity index (χ0v) is 12.1. The van der Waals surface area contributed by atoms with Gasteiger partial charge < -0.3 is 11.1 Å². The molecule has 0 bridgehead atoms. The normalized spacial score (nSPS) is 20.8. The van der Waals surface area contributed by atoms with Gasteiger partial charge in [-0.2, -0.15) is 0 Å². The van der Waals surface area contributed by atoms with Gasteiger partial charge in [-0.15, -0.1) is 0 Å². The van der Waals surface area contributed by atoms with Crippen LogP contribution in [-0.4, -0.2) is 13.1 Å². The molecular weight excluding hydrogens is 256 g/mol. The predicted octanol–water partition coefficient (Wildman–Crippen LogP) is 3.37. The number of nitrogens with one attached hydrogen (secondary N) is 1. The standard InChI is InChI=1S/C16H23ClN2/c17-14-3-1-2-13(8-14)16(9-18)19-10-15(11-4-5-11)12-6-7-12/h1-3,8,11-12,15-16,19H,4-7,9-10,18H2. The average Bonchev–Trinajstić information content (AvgIpc) is 3.28. The summed E-state index contributed by atoms with van der Waals surface area (Å²) in [6.07, 6.45) is 5.75. The molecule has 1 aromatic carbocycles. The van der Waals surface area contributed by atoms with Crippen molar-refractivity contribution in [3.63, 3.8) is 0 Å². The molecule has 0 spiro atoms. The van der Waals surface area contributed by atoms with Crippen molar-refractivity contribution in [3.05, 3.63) is 34.9 Å². The predicted molar refractivity (Wildman–Crippen MR) is 80.2 cm³/mol. The lowest BCUT2D eigenvalue weighted by Gasteiger charge is -2.22. The van der Waals surface area contributed by atoms with Crippen LogP contribution >= 0.6 is 11.6 Å². The van der Waals surface area contributed by atoms with Gasteiger partial charge >= 0.3 is 0 Å². The van der Waals surface area contributed by atoms with Crippen LogP contribution < -0.4 is 11.1 Å². The van der Waals surface area contributed by atoms with Crippen LogP contribution in [0.5, 0.6) is 0 Å². The number of hydrogen-bond donors (Lipinski definition) is 2. The minimum atomic E-state index is 0.235. The van der Waals surface area contributed by atoms with Gasteiger partial charge in [0.2, 0.25) is 0 Å². The van der Waals surface area contributed by atoms with E-state index in [0.29, 0.717) is 6.54 Å². The van der Waals surface area contributed by atoms with E-state index in [1.54, 1.807) is 0 Å². The van der Waals surface area contributed by atoms with Crippen molar-refractivity contribution >= 4 is 11.6 Å². The highest BCUT2D eigenvalue weighted by Crippen LogP contribution is 2.48. The molecule has 19 heavy (non-hydrogen) atoms. The summed E-state index contributed by atoms with van der Waals surface area (Å²) in [5.41, 5.74) is 7.13. The molecule has 2 aliphatic carbocycles. The van der Waals surface area contributed by atoms with Gasteiger partial charge in [-0.25, -0.2) is 0 Å². The van der Waals surface area contributed by atoms with Crippen LogP contribution in [0, 0.1) is 17.8 Å². The van der Waals surface area contributed by atoms with Gasteiger partial charge in [-0.1, -0.05) is 23.7 Å². The number of halogens is 1. The molecule has 2 nitrogen and oxygen atoms in total. The first-order valence-corrected chi connectivity index (χ1v) is 7.84. The summed E-state index contributed by atoms with van der Waals surface area (Å²) in [7, 11) is 0. The third-order valence-electron chi connectivity index (χ3n) is 4.54. The smallest absolute Gasteiger partial charge is 0.0445 e. The summed E-state index contributed by atoms with van der Waals surface area (Å²) in [5, 5.41) is 4.46. The van der Waals surface area contributed by atoms with E-state index in [1.165, 1.54) is 31.2 Å². The maximum atomic E-state index is 6.06. The molecule has 0 aromatic heterocycles. The Bertz CT molecular complexity index is 415. The third-order valence-corrected chi connectivity index (χ3v) is 4.78. The maximum absolute atomic E-state index is 6.06. The van der Waals surface area contributed by atoms with E-state index in [0.717, 1.165) is 29.3 Å². The van der Waals surface area contributed by atoms with Gasteiger partial charge in [-0.05, 0) is 67.7 Å². The molecule has 3 rings (SSSR count). The molecule has 0 amide bonds. The van der Waals surface area contributed by atoms with Gasteiger partial charge in [0.1, 0.15) is 0 Å². The Morgan fingerprint density at radius 1 is 1.21 bits per heavy atom. The minimum absolute atomic E-state index is 0.235. The van der Waals surface area contributed by atoms with E-state index in [2.05, 4.69) is 11.4 Å². The van der Waals surface area contributed by atoms with Crippen LogP contribution in [0.2, 0.25) is 5.02 Å². The summed E-state index contributed by atoms with van der Waals surface area (Å²) >= 11 is 6.06. The quantitative estimate of drug-likeness (QED) is 0.803. The lowest BCUT2D eigenvalue weighted by atomic mass is 9.97. The Morgan fingerprint density at radius 2 is 1.89 bits per heavy atom. The highest BCUT2D eigenvalue weighted by Gasteiger charge is 2.41. The largest absolute Gasteiger partial charge is 0.329 e. The van der Waals surface area contributed by atoms with Crippen molar-refractivity contribution in [2.75, 3.05) is 13.1 Å². The fourth-order valence-corrected chi connectivity index (χ4v) is 3.30. The van der Waals surface area contributed by atoms with Crippen molar-refractivity contribution in [2.45, 2.75) is 31.7 Å². The molecule has 2 aliphatic rings. The molecule has 3 N–H and O–H groups in total. The van der Waals surface area contributed by atoms with Crippen molar-refractivity contribution in [3.8, 4) is 0 Å². The summed E-state index contributed by atoms with van der Waals surface area (Å²) < 4.78 is 0. The van der Waals surface area contributed by atoms with Crippen molar-refractivity contribution in [1.82, 2.24) is 5.32 Å². The Labute approximate surface area is 120 Å². The highest BCUT2D eigenvalue weighted by molar-refractivity contribution is 6.30. The second-order valence-corrected chi connectivity index (χ2v) is 6.53. The third kappa shape index (κ3) is 3.50. The first-order chi connectivity index (χ1) is 9.28. The van der Waals surface area contributed by atoms with E-state index in [9.17, 15) is 0 Å². The molecule has 2 fully saturated rings. The zero-order chi connectivity index (χ0) is 13.2. The van der Waals surface area contributed by atoms with Gasteiger partial charge in [0.15, 0.2) is 0 Å². The summed E-state index contributed by atoms with van der Waals surface area (Å²) in [6.45, 7) is 1.74. The van der Waals surface area contributed by atoms with Gasteiger partial charge in [-0.3, -0.25) is 0 Å². The van der Waals surface area contributed by atoms with Crippen LogP contribution in [0.15, 0.2) is 24.3 Å². The average molecular weight is 279 g/mol. The lowest BCUT2D eigenvalue weighted by molar-refractivity contribution is 0.357. The first-order valence-electron chi connectivity index (χ1n) is 7.47. The summed E-state index contributed by atoms with van der Waals surface area (Å²) in [6, 6.07) is 8.28. The van der Waals surface area contributed by atoms with Gasteiger partial charge in [0.05, 0.1) is 0 Å². The molecule has 0 saturated heterocycles. The number of nitrogens with two attached hydrogens (primary N) is 1. The first kappa shape index (κ1) is 13.4. The molecule has 0 radical (unpaired) electrons. The fraction of sp³-hybridized carbons (Fsp3) is 0.625. The van der Waals surface area contributed by atoms with Crippen LogP contribution in [0.3, 0.4) is 0 Å². The second kappa shape index (κ2) is 5.82. The van der Waals surface area contributed by atoms with Crippen LogP contribution in [0.1, 0.15) is 37.3 Å². The van der Waals surface area contributed by atoms with Crippen molar-refractivity contribution in [2.24, 2.45) is 23.5 Å². The summed E-state index contributed by atoms with van der Waals surface area (Å²) in [5.74, 6) is 2.85. The Hall–Kier alpha value is -0.570. The van der Waals surface area contributed by atoms with E-state index in [-0.39, 0.29) is 6.04 Å². The molecule has 2 saturated carbocycles. The number of rotatable bonds is 7. The van der Waals surface area contributed by atoms with E-state index in [1.807, 2.05) is 18.2 Å². The Morgan fingerprint density at radius 3 is 2.42 bits per heavy atom. The van der Waals surface area contributed by atoms with Crippen molar-refractivity contribution in [1.29, 1.82) is 0 Å². The highest BCUT2D eigenvalue weighted by atomic mass is 35.5. The minimum Gasteiger partial charge on any atom is -0.329 e. The van der Waals surface area contributed by atoms with Gasteiger partial charge in [0, 0.05) is 17.6 Å². The number of benzene rings is 1. The van der Waals surface area contributed by atoms with Crippen molar-refractivity contribution < 1.29 is 0 Å². The summed E-state index contributed by atoms with van der Waals surface area (Å²) in [4.78, 5) is 0. The zero-order valence-electron chi connectivity index (χ0n) is 11.3. The number of hydrogen-bond acceptors (Lipinski definition) is 2. The molecule has 1 aromatic rings. The van der Waals surface area contributed by atoms with Gasteiger partial charge in [0.25, 0.3) is 0 Å². The van der Waals surface area contributed by atoms with Crippen LogP contribution in [0.4, 0.5) is 0 Å². The Kier molecular flexibility index (Phi) is 4.11. The van der Waals surface area contributed by atoms with Crippen LogP contribution in [-0.2, 0) is 0 Å². The SMILES string of the molecule is NCC(NCC(C1CC1)C1CC1)c1cccc(Cl)c1. The maximum Gasteiger partial charge on any atom is 0.0445 e. The molecule has 0 heterocycles. The molecular formula is C16H23ClN2. The monoisotopic (exact) mass is 278 g/mol. The molecule has 1 unspecified atom stereocenters. The molecule has 104 valence electrons. The molecule has 1 atom stereocenters. The lowest BCUT2D eigenvalue weighted by Crippen LogP contribution is -2.33. The van der Waals surface area contributed by atoms with E-state index in [4.69, 9.17) is 17.3 Å². The van der Waals surface area contributed by atoms with Crippen LogP contribution in [0.25, 0.3) is 0 Å². The fourth-order valence-electron chi connectivity index (χ4n) is 3.11. The molecule has 0 aliphatic heterocycles. The topological polar surface area (TPSA) is 38.0 Å². The molecule has 3 heteroatoms. The van der Waals surface area contributed by atoms with E-state index < -0.39 is 0 Å².